The van der Waals surface area contributed by atoms with E-state index in [1.165, 1.54) is 27.9 Å². The van der Waals surface area contributed by atoms with Crippen molar-refractivity contribution in [2.75, 3.05) is 5.32 Å². The molecule has 0 saturated heterocycles. The number of ether oxygens (including phenoxy) is 1. The molecular formula is C19H23NO. The Bertz CT molecular complexity index is 673. The van der Waals surface area contributed by atoms with Gasteiger partial charge in [-0.25, -0.2) is 0 Å². The topological polar surface area (TPSA) is 21.3 Å². The van der Waals surface area contributed by atoms with E-state index in [0.29, 0.717) is 0 Å². The van der Waals surface area contributed by atoms with E-state index in [9.17, 15) is 0 Å². The maximum Gasteiger partial charge on any atom is 0.128 e. The van der Waals surface area contributed by atoms with E-state index < -0.39 is 0 Å². The van der Waals surface area contributed by atoms with Gasteiger partial charge in [-0.2, -0.15) is 0 Å². The van der Waals surface area contributed by atoms with Gasteiger partial charge in [0.05, 0.1) is 0 Å². The number of benzene rings is 2. The van der Waals surface area contributed by atoms with Gasteiger partial charge in [0.25, 0.3) is 0 Å². The van der Waals surface area contributed by atoms with Crippen molar-refractivity contribution in [1.29, 1.82) is 0 Å². The van der Waals surface area contributed by atoms with E-state index in [1.54, 1.807) is 0 Å². The fraction of sp³-hybridized carbons (Fsp3) is 0.368. The first-order chi connectivity index (χ1) is 9.94. The van der Waals surface area contributed by atoms with E-state index in [1.807, 2.05) is 0 Å². The van der Waals surface area contributed by atoms with Crippen molar-refractivity contribution in [3.63, 3.8) is 0 Å². The third-order valence-electron chi connectivity index (χ3n) is 4.02. The van der Waals surface area contributed by atoms with Gasteiger partial charge in [-0.3, -0.25) is 0 Å². The van der Waals surface area contributed by atoms with Gasteiger partial charge < -0.3 is 10.1 Å². The van der Waals surface area contributed by atoms with Crippen LogP contribution in [0.1, 0.15) is 36.1 Å². The van der Waals surface area contributed by atoms with Gasteiger partial charge in [0.15, 0.2) is 0 Å². The van der Waals surface area contributed by atoms with Crippen molar-refractivity contribution in [3.8, 4) is 5.75 Å². The third kappa shape index (κ3) is 2.90. The number of rotatable bonds is 3. The first-order valence-corrected chi connectivity index (χ1v) is 7.55. The summed E-state index contributed by atoms with van der Waals surface area (Å²) in [5.41, 5.74) is 6.24. The molecule has 0 aromatic heterocycles. The molecule has 0 amide bonds. The summed E-state index contributed by atoms with van der Waals surface area (Å²) in [5.74, 6) is 1.07. The highest BCUT2D eigenvalue weighted by atomic mass is 16.5. The van der Waals surface area contributed by atoms with Crippen LogP contribution in [0.2, 0.25) is 0 Å². The highest BCUT2D eigenvalue weighted by Crippen LogP contribution is 2.37. The van der Waals surface area contributed by atoms with Crippen LogP contribution in [-0.2, 0) is 13.0 Å². The molecule has 0 unspecified atom stereocenters. The molecule has 0 radical (unpaired) electrons. The first kappa shape index (κ1) is 14.0. The molecule has 0 spiro atoms. The molecule has 1 N–H and O–H groups in total. The van der Waals surface area contributed by atoms with Crippen LogP contribution in [0.4, 0.5) is 5.69 Å². The lowest BCUT2D eigenvalue weighted by Gasteiger charge is -2.18. The lowest BCUT2D eigenvalue weighted by molar-refractivity contribution is 0.137. The fourth-order valence-electron chi connectivity index (χ4n) is 3.02. The van der Waals surface area contributed by atoms with E-state index in [2.05, 4.69) is 69.4 Å². The minimum atomic E-state index is -0.0851. The van der Waals surface area contributed by atoms with Crippen LogP contribution in [0.25, 0.3) is 0 Å². The second kappa shape index (κ2) is 5.10. The smallest absolute Gasteiger partial charge is 0.128 e. The third-order valence-corrected chi connectivity index (χ3v) is 4.02. The zero-order valence-electron chi connectivity index (χ0n) is 13.3. The number of para-hydroxylation sites is 1. The van der Waals surface area contributed by atoms with Gasteiger partial charge in [0.2, 0.25) is 0 Å². The Morgan fingerprint density at radius 1 is 1.14 bits per heavy atom. The molecule has 1 heterocycles. The number of nitrogens with one attached hydrogen (secondary N) is 1. The van der Waals surface area contributed by atoms with Crippen LogP contribution >= 0.6 is 0 Å². The second-order valence-electron chi connectivity index (χ2n) is 6.62. The summed E-state index contributed by atoms with van der Waals surface area (Å²) < 4.78 is 6.12. The van der Waals surface area contributed by atoms with Crippen LogP contribution in [0.5, 0.6) is 5.75 Å². The van der Waals surface area contributed by atoms with E-state index >= 15 is 0 Å². The van der Waals surface area contributed by atoms with Crippen LogP contribution in [-0.4, -0.2) is 5.60 Å². The van der Waals surface area contributed by atoms with Crippen LogP contribution < -0.4 is 10.1 Å². The lowest BCUT2D eigenvalue weighted by atomic mass is 10.0. The molecule has 1 aliphatic heterocycles. The van der Waals surface area contributed by atoms with Gasteiger partial charge in [-0.05, 0) is 44.9 Å². The van der Waals surface area contributed by atoms with Gasteiger partial charge in [0.1, 0.15) is 11.4 Å². The number of hydrogen-bond donors (Lipinski definition) is 1. The highest BCUT2D eigenvalue weighted by molar-refractivity contribution is 5.54. The van der Waals surface area contributed by atoms with Crippen molar-refractivity contribution < 1.29 is 4.74 Å². The normalized spacial score (nSPS) is 15.4. The summed E-state index contributed by atoms with van der Waals surface area (Å²) in [6.45, 7) is 9.35. The molecule has 0 aliphatic carbocycles. The summed E-state index contributed by atoms with van der Waals surface area (Å²) in [6.07, 6.45) is 0.986. The lowest BCUT2D eigenvalue weighted by Crippen LogP contribution is -2.25. The number of anilines is 1. The summed E-state index contributed by atoms with van der Waals surface area (Å²) in [5, 5.41) is 3.53. The minimum absolute atomic E-state index is 0.0851. The standard InChI is InChI=1S/C19H23NO/c1-13-8-9-17(14(2)10-13)20-12-16-7-5-6-15-11-19(3,4)21-18(15)16/h5-10,20H,11-12H2,1-4H3. The molecule has 2 heteroatoms. The summed E-state index contributed by atoms with van der Waals surface area (Å²) >= 11 is 0. The first-order valence-electron chi connectivity index (χ1n) is 7.55. The SMILES string of the molecule is Cc1ccc(NCc2cccc3c2OC(C)(C)C3)c(C)c1. The van der Waals surface area contributed by atoms with Crippen molar-refractivity contribution >= 4 is 5.69 Å². The molecule has 0 saturated carbocycles. The predicted molar refractivity (Wildman–Crippen MR) is 88.1 cm³/mol. The molecule has 0 bridgehead atoms. The van der Waals surface area contributed by atoms with Gasteiger partial charge in [0, 0.05) is 24.2 Å². The second-order valence-corrected chi connectivity index (χ2v) is 6.62. The largest absolute Gasteiger partial charge is 0.487 e. The van der Waals surface area contributed by atoms with Crippen molar-refractivity contribution in [1.82, 2.24) is 0 Å². The Hall–Kier alpha value is -1.96. The number of hydrogen-bond acceptors (Lipinski definition) is 2. The average molecular weight is 281 g/mol. The zero-order valence-corrected chi connectivity index (χ0v) is 13.3. The van der Waals surface area contributed by atoms with Crippen LogP contribution in [0.3, 0.4) is 0 Å². The quantitative estimate of drug-likeness (QED) is 0.885. The molecule has 1 aliphatic rings. The zero-order chi connectivity index (χ0) is 15.0. The molecule has 2 nitrogen and oxygen atoms in total. The molecule has 0 fully saturated rings. The molecule has 3 rings (SSSR count). The molecule has 0 atom stereocenters. The predicted octanol–water partition coefficient (Wildman–Crippen LogP) is 4.63. The van der Waals surface area contributed by atoms with Crippen molar-refractivity contribution in [2.24, 2.45) is 0 Å². The molecule has 21 heavy (non-hydrogen) atoms. The van der Waals surface area contributed by atoms with Crippen molar-refractivity contribution in [3.05, 3.63) is 58.7 Å². The Labute approximate surface area is 127 Å². The molecule has 110 valence electrons. The van der Waals surface area contributed by atoms with Gasteiger partial charge >= 0.3 is 0 Å². The summed E-state index contributed by atoms with van der Waals surface area (Å²) in [6, 6.07) is 12.9. The van der Waals surface area contributed by atoms with Gasteiger partial charge in [-0.1, -0.05) is 35.9 Å². The van der Waals surface area contributed by atoms with Crippen molar-refractivity contribution in [2.45, 2.75) is 46.3 Å². The summed E-state index contributed by atoms with van der Waals surface area (Å²) in [4.78, 5) is 0. The monoisotopic (exact) mass is 281 g/mol. The van der Waals surface area contributed by atoms with Gasteiger partial charge in [-0.15, -0.1) is 0 Å². The Kier molecular flexibility index (Phi) is 3.40. The van der Waals surface area contributed by atoms with E-state index in [0.717, 1.165) is 18.7 Å². The van der Waals surface area contributed by atoms with E-state index in [4.69, 9.17) is 4.74 Å². The van der Waals surface area contributed by atoms with Crippen LogP contribution in [0.15, 0.2) is 36.4 Å². The molecular weight excluding hydrogens is 258 g/mol. The fourth-order valence-corrected chi connectivity index (χ4v) is 3.02. The maximum atomic E-state index is 6.12. The Morgan fingerprint density at radius 3 is 2.71 bits per heavy atom. The van der Waals surface area contributed by atoms with E-state index in [-0.39, 0.29) is 5.60 Å². The Morgan fingerprint density at radius 2 is 1.95 bits per heavy atom. The maximum absolute atomic E-state index is 6.12. The number of fused-ring (bicyclic) bond motifs is 1. The summed E-state index contributed by atoms with van der Waals surface area (Å²) in [7, 11) is 0. The Balaban J connectivity index is 1.80. The minimum Gasteiger partial charge on any atom is -0.487 e. The molecule has 2 aromatic rings. The van der Waals surface area contributed by atoms with Crippen LogP contribution in [0, 0.1) is 13.8 Å². The number of aryl methyl sites for hydroxylation is 2. The molecule has 2 aromatic carbocycles. The average Bonchev–Trinajstić information content (AvgIpc) is 2.72. The highest BCUT2D eigenvalue weighted by Gasteiger charge is 2.31.